The first-order valence-corrected chi connectivity index (χ1v) is 10.4. The van der Waals surface area contributed by atoms with Crippen molar-refractivity contribution >= 4 is 50.9 Å². The van der Waals surface area contributed by atoms with Gasteiger partial charge in [0.25, 0.3) is 0 Å². The van der Waals surface area contributed by atoms with Gasteiger partial charge in [-0.25, -0.2) is 13.2 Å². The molecule has 1 N–H and O–H groups in total. The number of aromatic carboxylic acids is 1. The van der Waals surface area contributed by atoms with E-state index in [2.05, 4.69) is 0 Å². The summed E-state index contributed by atoms with van der Waals surface area (Å²) in [4.78, 5) is 11.5. The lowest BCUT2D eigenvalue weighted by Gasteiger charge is -2.36. The summed E-state index contributed by atoms with van der Waals surface area (Å²) in [6, 6.07) is 1.26. The Bertz CT molecular complexity index is 736. The number of halogens is 1. The van der Waals surface area contributed by atoms with E-state index in [0.29, 0.717) is 17.5 Å². The molecule has 0 saturated carbocycles. The molecule has 0 unspecified atom stereocenters. The van der Waals surface area contributed by atoms with Crippen LogP contribution in [-0.2, 0) is 13.9 Å². The smallest absolute Gasteiger partial charge is 0.336 e. The molecule has 2 aliphatic heterocycles. The number of benzene rings is 1. The molecule has 0 aromatic heterocycles. The van der Waals surface area contributed by atoms with Crippen LogP contribution in [0.1, 0.15) is 27.9 Å². The van der Waals surface area contributed by atoms with Gasteiger partial charge >= 0.3 is 5.97 Å². The maximum absolute atomic E-state index is 12.4. The van der Waals surface area contributed by atoms with Crippen LogP contribution in [0.3, 0.4) is 0 Å². The van der Waals surface area contributed by atoms with Crippen molar-refractivity contribution in [2.24, 2.45) is 0 Å². The number of rotatable bonds is 1. The van der Waals surface area contributed by atoms with Crippen molar-refractivity contribution in [1.82, 2.24) is 0 Å². The van der Waals surface area contributed by atoms with E-state index >= 15 is 0 Å². The van der Waals surface area contributed by atoms with Crippen molar-refractivity contribution in [3.63, 3.8) is 0 Å². The Hall–Kier alpha value is -0.370. The third kappa shape index (κ3) is 2.29. The summed E-state index contributed by atoms with van der Waals surface area (Å²) in [6.07, 6.45) is 0.498. The number of carbonyl (C=O) groups is 1. The Morgan fingerprint density at radius 1 is 1.38 bits per heavy atom. The van der Waals surface area contributed by atoms with Gasteiger partial charge < -0.3 is 5.11 Å². The predicted octanol–water partition coefficient (Wildman–Crippen LogP) is 3.16. The molecule has 114 valence electrons. The van der Waals surface area contributed by atoms with Crippen molar-refractivity contribution < 1.29 is 18.3 Å². The maximum Gasteiger partial charge on any atom is 0.336 e. The average Bonchev–Trinajstić information content (AvgIpc) is 2.86. The van der Waals surface area contributed by atoms with Crippen LogP contribution in [0, 0.1) is 6.92 Å². The van der Waals surface area contributed by atoms with Crippen LogP contribution in [0.15, 0.2) is 11.0 Å². The van der Waals surface area contributed by atoms with Gasteiger partial charge in [-0.05, 0) is 25.0 Å². The third-order valence-electron chi connectivity index (χ3n) is 3.87. The first-order valence-electron chi connectivity index (χ1n) is 6.36. The first kappa shape index (κ1) is 15.5. The first-order chi connectivity index (χ1) is 9.78. The summed E-state index contributed by atoms with van der Waals surface area (Å²) >= 11 is 9.55. The quantitative estimate of drug-likeness (QED) is 0.825. The van der Waals surface area contributed by atoms with E-state index in [0.717, 1.165) is 11.5 Å². The van der Waals surface area contributed by atoms with Crippen LogP contribution in [0.4, 0.5) is 0 Å². The van der Waals surface area contributed by atoms with Crippen LogP contribution >= 0.6 is 35.1 Å². The second kappa shape index (κ2) is 5.08. The molecule has 2 heterocycles. The zero-order valence-electron chi connectivity index (χ0n) is 11.2. The number of sulfone groups is 1. The predicted molar refractivity (Wildman–Crippen MR) is 86.4 cm³/mol. The van der Waals surface area contributed by atoms with Crippen molar-refractivity contribution in [2.45, 2.75) is 22.3 Å². The molecule has 0 aliphatic carbocycles. The molecule has 4 nitrogen and oxygen atoms in total. The minimum Gasteiger partial charge on any atom is -0.478 e. The lowest BCUT2D eigenvalue weighted by molar-refractivity contribution is 0.0695. The molecule has 1 aromatic rings. The van der Waals surface area contributed by atoms with Gasteiger partial charge in [0.05, 0.1) is 25.3 Å². The lowest BCUT2D eigenvalue weighted by atomic mass is 9.97. The fraction of sp³-hybridized carbons (Fsp3) is 0.462. The molecule has 1 spiro atoms. The highest BCUT2D eigenvalue weighted by molar-refractivity contribution is 8.20. The monoisotopic (exact) mass is 364 g/mol. The standard InChI is InChI=1S/C13H13ClO4S3/c1-7-8(12(15)16)6-9(14)11-10(7)13(19-3-4-20-13)2-5-21(11,17)18/h6H,2-5H2,1H3,(H,15,16). The summed E-state index contributed by atoms with van der Waals surface area (Å²) in [5.41, 5.74) is 1.21. The van der Waals surface area contributed by atoms with Crippen LogP contribution in [-0.4, -0.2) is 36.8 Å². The van der Waals surface area contributed by atoms with Crippen LogP contribution in [0.2, 0.25) is 5.02 Å². The van der Waals surface area contributed by atoms with Gasteiger partial charge in [-0.2, -0.15) is 0 Å². The Balaban J connectivity index is 2.40. The van der Waals surface area contributed by atoms with Gasteiger partial charge in [-0.1, -0.05) is 11.6 Å². The fourth-order valence-electron chi connectivity index (χ4n) is 2.95. The van der Waals surface area contributed by atoms with Crippen molar-refractivity contribution in [3.8, 4) is 0 Å². The summed E-state index contributed by atoms with van der Waals surface area (Å²) in [5, 5.41) is 9.36. The lowest BCUT2D eigenvalue weighted by Crippen LogP contribution is -2.31. The van der Waals surface area contributed by atoms with E-state index in [1.165, 1.54) is 6.07 Å². The van der Waals surface area contributed by atoms with Crippen molar-refractivity contribution in [2.75, 3.05) is 17.3 Å². The van der Waals surface area contributed by atoms with Gasteiger partial charge in [0.1, 0.15) is 0 Å². The fourth-order valence-corrected chi connectivity index (χ4v) is 9.12. The van der Waals surface area contributed by atoms with Gasteiger partial charge in [-0.15, -0.1) is 23.5 Å². The Morgan fingerprint density at radius 3 is 2.57 bits per heavy atom. The molecule has 0 amide bonds. The number of thioether (sulfide) groups is 2. The molecule has 8 heteroatoms. The molecule has 21 heavy (non-hydrogen) atoms. The summed E-state index contributed by atoms with van der Waals surface area (Å²) in [7, 11) is -3.45. The van der Waals surface area contributed by atoms with Gasteiger partial charge in [0.15, 0.2) is 9.84 Å². The van der Waals surface area contributed by atoms with Crippen LogP contribution in [0.25, 0.3) is 0 Å². The molecule has 1 fully saturated rings. The number of fused-ring (bicyclic) bond motifs is 2. The SMILES string of the molecule is Cc1c(C(=O)O)cc(Cl)c2c1C1(CCS2(=O)=O)SCCS1. The normalized spacial score (nSPS) is 22.2. The minimum absolute atomic E-state index is 0.0279. The van der Waals surface area contributed by atoms with E-state index in [1.807, 2.05) is 0 Å². The summed E-state index contributed by atoms with van der Waals surface area (Å²) in [6.45, 7) is 1.68. The van der Waals surface area contributed by atoms with E-state index in [4.69, 9.17) is 11.6 Å². The zero-order chi connectivity index (χ0) is 15.4. The minimum atomic E-state index is -3.45. The molecule has 0 bridgehead atoms. The molecule has 0 radical (unpaired) electrons. The van der Waals surface area contributed by atoms with Gasteiger partial charge in [0, 0.05) is 17.1 Å². The van der Waals surface area contributed by atoms with Crippen LogP contribution in [0.5, 0.6) is 0 Å². The Kier molecular flexibility index (Phi) is 3.75. The summed E-state index contributed by atoms with van der Waals surface area (Å²) < 4.78 is 24.5. The molecular weight excluding hydrogens is 352 g/mol. The Labute approximate surface area is 136 Å². The number of carboxylic acids is 1. The largest absolute Gasteiger partial charge is 0.478 e. The molecule has 1 saturated heterocycles. The highest BCUT2D eigenvalue weighted by Gasteiger charge is 2.48. The van der Waals surface area contributed by atoms with Crippen LogP contribution < -0.4 is 0 Å². The van der Waals surface area contributed by atoms with Gasteiger partial charge in [0.2, 0.25) is 0 Å². The molecule has 2 aliphatic rings. The van der Waals surface area contributed by atoms with Crippen molar-refractivity contribution in [1.29, 1.82) is 0 Å². The second-order valence-electron chi connectivity index (χ2n) is 5.06. The second-order valence-corrected chi connectivity index (χ2v) is 10.6. The maximum atomic E-state index is 12.4. The topological polar surface area (TPSA) is 71.4 Å². The number of carboxylic acid groups (broad SMARTS) is 1. The number of hydrogen-bond donors (Lipinski definition) is 1. The summed E-state index contributed by atoms with van der Waals surface area (Å²) in [5.74, 6) is 0.839. The van der Waals surface area contributed by atoms with E-state index in [1.54, 1.807) is 30.4 Å². The van der Waals surface area contributed by atoms with Gasteiger partial charge in [-0.3, -0.25) is 0 Å². The van der Waals surface area contributed by atoms with E-state index in [9.17, 15) is 18.3 Å². The molecule has 1 aromatic carbocycles. The Morgan fingerprint density at radius 2 is 2.00 bits per heavy atom. The highest BCUT2D eigenvalue weighted by atomic mass is 35.5. The molecular formula is C13H13ClO4S3. The van der Waals surface area contributed by atoms with Crippen molar-refractivity contribution in [3.05, 3.63) is 27.8 Å². The molecule has 3 rings (SSSR count). The third-order valence-corrected chi connectivity index (χ3v) is 9.60. The van der Waals surface area contributed by atoms with E-state index < -0.39 is 15.8 Å². The average molecular weight is 365 g/mol. The highest BCUT2D eigenvalue weighted by Crippen LogP contribution is 2.60. The molecule has 0 atom stereocenters. The zero-order valence-corrected chi connectivity index (χ0v) is 14.4. The number of hydrogen-bond acceptors (Lipinski definition) is 5. The van der Waals surface area contributed by atoms with E-state index in [-0.39, 0.29) is 25.3 Å².